The van der Waals surface area contributed by atoms with Gasteiger partial charge in [-0.05, 0) is 42.1 Å². The van der Waals surface area contributed by atoms with Gasteiger partial charge in [0.15, 0.2) is 0 Å². The second-order valence-corrected chi connectivity index (χ2v) is 7.93. The van der Waals surface area contributed by atoms with E-state index in [1.54, 1.807) is 23.5 Å². The van der Waals surface area contributed by atoms with E-state index >= 15 is 0 Å². The van der Waals surface area contributed by atoms with Crippen molar-refractivity contribution in [2.75, 3.05) is 5.43 Å². The van der Waals surface area contributed by atoms with Gasteiger partial charge in [0, 0.05) is 29.7 Å². The predicted molar refractivity (Wildman–Crippen MR) is 122 cm³/mol. The number of fused-ring (bicyclic) bond motifs is 2. The fourth-order valence-electron chi connectivity index (χ4n) is 3.52. The number of anilines is 1. The maximum Gasteiger partial charge on any atom is 0.244 e. The van der Waals surface area contributed by atoms with Crippen molar-refractivity contribution in [3.63, 3.8) is 0 Å². The minimum atomic E-state index is -0.273. The van der Waals surface area contributed by atoms with Gasteiger partial charge in [0.2, 0.25) is 5.95 Å². The van der Waals surface area contributed by atoms with Gasteiger partial charge in [-0.15, -0.1) is 11.3 Å². The molecule has 5 rings (SSSR count). The van der Waals surface area contributed by atoms with E-state index in [9.17, 15) is 4.39 Å². The topological polar surface area (TPSA) is 55.1 Å². The van der Waals surface area contributed by atoms with E-state index in [1.165, 1.54) is 12.1 Å². The van der Waals surface area contributed by atoms with Crippen LogP contribution in [-0.2, 0) is 7.05 Å². The number of para-hydroxylation sites is 1. The maximum absolute atomic E-state index is 13.2. The largest absolute Gasteiger partial charge is 0.350 e. The lowest BCUT2D eigenvalue weighted by Crippen LogP contribution is -2.03. The summed E-state index contributed by atoms with van der Waals surface area (Å²) in [6.45, 7) is 1.86. The molecule has 0 aliphatic heterocycles. The normalized spacial score (nSPS) is 12.0. The summed E-state index contributed by atoms with van der Waals surface area (Å²) in [5.41, 5.74) is 8.48. The van der Waals surface area contributed by atoms with Crippen LogP contribution in [-0.4, -0.2) is 20.2 Å². The highest BCUT2D eigenvalue weighted by atomic mass is 32.1. The van der Waals surface area contributed by atoms with Crippen molar-refractivity contribution in [3.8, 4) is 11.3 Å². The van der Waals surface area contributed by atoms with E-state index < -0.39 is 0 Å². The van der Waals surface area contributed by atoms with Crippen LogP contribution in [0.25, 0.3) is 32.4 Å². The Morgan fingerprint density at radius 1 is 1.07 bits per heavy atom. The van der Waals surface area contributed by atoms with Crippen LogP contribution in [0.5, 0.6) is 0 Å². The Morgan fingerprint density at radius 3 is 2.70 bits per heavy atom. The molecule has 0 unspecified atom stereocenters. The average Bonchev–Trinajstić information content (AvgIpc) is 3.37. The Labute approximate surface area is 176 Å². The molecule has 0 bridgehead atoms. The van der Waals surface area contributed by atoms with E-state index in [4.69, 9.17) is 4.98 Å². The number of hydrazone groups is 1. The SMILES string of the molecule is C/C(=N\Nc1nc(-c2cn(C)c3ccccc23)c2sccc2n1)c1ccc(F)cc1. The van der Waals surface area contributed by atoms with Crippen LogP contribution in [0, 0.1) is 5.82 Å². The monoisotopic (exact) mass is 415 g/mol. The molecule has 0 amide bonds. The number of halogens is 1. The first-order valence-corrected chi connectivity index (χ1v) is 10.3. The summed E-state index contributed by atoms with van der Waals surface area (Å²) < 4.78 is 16.3. The molecule has 0 aliphatic carbocycles. The van der Waals surface area contributed by atoms with Crippen LogP contribution in [0.1, 0.15) is 12.5 Å². The summed E-state index contributed by atoms with van der Waals surface area (Å²) in [7, 11) is 2.04. The number of benzene rings is 2. The van der Waals surface area contributed by atoms with Gasteiger partial charge in [0.05, 0.1) is 21.6 Å². The summed E-state index contributed by atoms with van der Waals surface area (Å²) in [5, 5.41) is 7.57. The summed E-state index contributed by atoms with van der Waals surface area (Å²) in [6, 6.07) is 16.5. The predicted octanol–water partition coefficient (Wildman–Crippen LogP) is 5.83. The van der Waals surface area contributed by atoms with Crippen molar-refractivity contribution in [1.82, 2.24) is 14.5 Å². The molecule has 30 heavy (non-hydrogen) atoms. The summed E-state index contributed by atoms with van der Waals surface area (Å²) in [6.07, 6.45) is 2.10. The first kappa shape index (κ1) is 18.4. The molecular formula is C23H18FN5S. The molecule has 0 fully saturated rings. The van der Waals surface area contributed by atoms with Crippen molar-refractivity contribution >= 4 is 44.1 Å². The summed E-state index contributed by atoms with van der Waals surface area (Å²) >= 11 is 1.62. The van der Waals surface area contributed by atoms with Gasteiger partial charge < -0.3 is 4.57 Å². The third-order valence-electron chi connectivity index (χ3n) is 5.04. The Hall–Kier alpha value is -3.58. The Balaban J connectivity index is 1.58. The lowest BCUT2D eigenvalue weighted by molar-refractivity contribution is 0.628. The molecule has 5 nitrogen and oxygen atoms in total. The zero-order valence-electron chi connectivity index (χ0n) is 16.4. The minimum absolute atomic E-state index is 0.273. The fourth-order valence-corrected chi connectivity index (χ4v) is 4.35. The van der Waals surface area contributed by atoms with Crippen LogP contribution < -0.4 is 5.43 Å². The maximum atomic E-state index is 13.2. The van der Waals surface area contributed by atoms with Gasteiger partial charge in [0.1, 0.15) is 5.82 Å². The summed E-state index contributed by atoms with van der Waals surface area (Å²) in [4.78, 5) is 9.40. The number of aryl methyl sites for hydroxylation is 1. The second kappa shape index (κ2) is 7.35. The van der Waals surface area contributed by atoms with E-state index in [-0.39, 0.29) is 5.82 Å². The van der Waals surface area contributed by atoms with Crippen LogP contribution in [0.4, 0.5) is 10.3 Å². The number of thiophene rings is 1. The second-order valence-electron chi connectivity index (χ2n) is 7.02. The zero-order valence-corrected chi connectivity index (χ0v) is 17.2. The van der Waals surface area contributed by atoms with Crippen molar-refractivity contribution in [2.45, 2.75) is 6.92 Å². The van der Waals surface area contributed by atoms with E-state index in [1.807, 2.05) is 37.6 Å². The molecule has 3 heterocycles. The van der Waals surface area contributed by atoms with Crippen LogP contribution in [0.3, 0.4) is 0 Å². The Kier molecular flexibility index (Phi) is 4.52. The smallest absolute Gasteiger partial charge is 0.244 e. The van der Waals surface area contributed by atoms with E-state index in [2.05, 4.69) is 38.4 Å². The first-order valence-electron chi connectivity index (χ1n) is 9.46. The molecule has 0 saturated heterocycles. The van der Waals surface area contributed by atoms with E-state index in [0.29, 0.717) is 5.95 Å². The fraction of sp³-hybridized carbons (Fsp3) is 0.0870. The van der Waals surface area contributed by atoms with Gasteiger partial charge in [-0.3, -0.25) is 0 Å². The summed E-state index contributed by atoms with van der Waals surface area (Å²) in [5.74, 6) is 0.149. The molecule has 1 N–H and O–H groups in total. The highest BCUT2D eigenvalue weighted by molar-refractivity contribution is 7.17. The first-order chi connectivity index (χ1) is 14.6. The molecule has 3 aromatic heterocycles. The number of aromatic nitrogens is 3. The molecule has 0 aliphatic rings. The minimum Gasteiger partial charge on any atom is -0.350 e. The number of rotatable bonds is 4. The number of hydrogen-bond donors (Lipinski definition) is 1. The third kappa shape index (κ3) is 3.23. The van der Waals surface area contributed by atoms with Gasteiger partial charge in [-0.2, -0.15) is 5.10 Å². The van der Waals surface area contributed by atoms with Crippen LogP contribution in [0.15, 0.2) is 71.3 Å². The van der Waals surface area contributed by atoms with Crippen molar-refractivity contribution < 1.29 is 4.39 Å². The zero-order chi connectivity index (χ0) is 20.7. The van der Waals surface area contributed by atoms with Gasteiger partial charge in [-0.25, -0.2) is 19.8 Å². The molecular weight excluding hydrogens is 397 g/mol. The van der Waals surface area contributed by atoms with Crippen LogP contribution in [0.2, 0.25) is 0 Å². The van der Waals surface area contributed by atoms with Gasteiger partial charge >= 0.3 is 0 Å². The van der Waals surface area contributed by atoms with Gasteiger partial charge in [-0.1, -0.05) is 30.3 Å². The molecule has 5 aromatic rings. The quantitative estimate of drug-likeness (QED) is 0.297. The van der Waals surface area contributed by atoms with E-state index in [0.717, 1.165) is 43.7 Å². The Morgan fingerprint density at radius 2 is 1.87 bits per heavy atom. The van der Waals surface area contributed by atoms with Crippen LogP contribution >= 0.6 is 11.3 Å². The molecule has 0 atom stereocenters. The highest BCUT2D eigenvalue weighted by Gasteiger charge is 2.16. The van der Waals surface area contributed by atoms with Crippen molar-refractivity contribution in [3.05, 3.63) is 77.6 Å². The van der Waals surface area contributed by atoms with Crippen molar-refractivity contribution in [2.24, 2.45) is 12.1 Å². The molecule has 7 heteroatoms. The number of nitrogens with one attached hydrogen (secondary N) is 1. The molecule has 2 aromatic carbocycles. The van der Waals surface area contributed by atoms with Crippen molar-refractivity contribution in [1.29, 1.82) is 0 Å². The lowest BCUT2D eigenvalue weighted by atomic mass is 10.1. The Bertz CT molecular complexity index is 1400. The lowest BCUT2D eigenvalue weighted by Gasteiger charge is -2.06. The highest BCUT2D eigenvalue weighted by Crippen LogP contribution is 2.36. The molecule has 0 radical (unpaired) electrons. The number of nitrogens with zero attached hydrogens (tertiary/aromatic N) is 4. The molecule has 0 saturated carbocycles. The molecule has 0 spiro atoms. The third-order valence-corrected chi connectivity index (χ3v) is 5.95. The number of hydrogen-bond acceptors (Lipinski definition) is 5. The molecule has 148 valence electrons. The average molecular weight is 415 g/mol. The standard InChI is InChI=1S/C23H18FN5S/c1-14(15-7-9-16(24)10-8-15)27-28-23-25-19-11-12-30-22(19)21(26-23)18-13-29(2)20-6-4-3-5-17(18)20/h3-13H,1-2H3,(H,25,26,28)/b27-14+. The van der Waals surface area contributed by atoms with Gasteiger partial charge in [0.25, 0.3) is 0 Å².